The maximum atomic E-state index is 12.5. The summed E-state index contributed by atoms with van der Waals surface area (Å²) >= 11 is 1.60. The summed E-state index contributed by atoms with van der Waals surface area (Å²) in [7, 11) is 0. The van der Waals surface area contributed by atoms with Gasteiger partial charge in [-0.2, -0.15) is 5.26 Å². The van der Waals surface area contributed by atoms with E-state index in [-0.39, 0.29) is 11.8 Å². The predicted molar refractivity (Wildman–Crippen MR) is 91.6 cm³/mol. The summed E-state index contributed by atoms with van der Waals surface area (Å²) in [6.45, 7) is 0. The van der Waals surface area contributed by atoms with Crippen molar-refractivity contribution in [3.05, 3.63) is 51.9 Å². The van der Waals surface area contributed by atoms with Gasteiger partial charge in [0.15, 0.2) is 0 Å². The lowest BCUT2D eigenvalue weighted by molar-refractivity contribution is -0.117. The number of fused-ring (bicyclic) bond motifs is 1. The summed E-state index contributed by atoms with van der Waals surface area (Å²) in [4.78, 5) is 13.8. The number of rotatable bonds is 3. The monoisotopic (exact) mass is 322 g/mol. The number of hydrogen-bond acceptors (Lipinski definition) is 3. The Labute approximate surface area is 140 Å². The predicted octanol–water partition coefficient (Wildman–Crippen LogP) is 4.24. The van der Waals surface area contributed by atoms with Crippen molar-refractivity contribution in [2.45, 2.75) is 38.0 Å². The van der Waals surface area contributed by atoms with Crippen LogP contribution in [0.3, 0.4) is 0 Å². The third-order valence-electron chi connectivity index (χ3n) is 4.87. The molecule has 2 aliphatic rings. The lowest BCUT2D eigenvalue weighted by Gasteiger charge is -2.09. The fourth-order valence-electron chi connectivity index (χ4n) is 3.53. The standard InChI is InChI=1S/C19H18N2OS/c20-11-16-13-8-4-5-9-17(13)23-19(16)21-18(22)15-10-14(15)12-6-2-1-3-7-12/h1-3,6-7,14-15H,4-5,8-10H2,(H,21,22)/t14-,15-/m1/s1. The number of nitrogens with one attached hydrogen (secondary N) is 1. The molecule has 1 N–H and O–H groups in total. The van der Waals surface area contributed by atoms with E-state index in [1.807, 2.05) is 18.2 Å². The second kappa shape index (κ2) is 5.82. The van der Waals surface area contributed by atoms with Crippen molar-refractivity contribution < 1.29 is 4.79 Å². The maximum absolute atomic E-state index is 12.5. The van der Waals surface area contributed by atoms with E-state index in [1.54, 1.807) is 11.3 Å². The molecular formula is C19H18N2OS. The van der Waals surface area contributed by atoms with E-state index in [0.717, 1.165) is 30.7 Å². The quantitative estimate of drug-likeness (QED) is 0.919. The molecule has 4 heteroatoms. The van der Waals surface area contributed by atoms with Gasteiger partial charge >= 0.3 is 0 Å². The van der Waals surface area contributed by atoms with Gasteiger partial charge in [-0.1, -0.05) is 30.3 Å². The zero-order valence-electron chi connectivity index (χ0n) is 12.8. The van der Waals surface area contributed by atoms with Gasteiger partial charge in [0, 0.05) is 10.8 Å². The molecule has 1 fully saturated rings. The van der Waals surface area contributed by atoms with Gasteiger partial charge in [0.1, 0.15) is 11.1 Å². The van der Waals surface area contributed by atoms with Crippen molar-refractivity contribution in [2.75, 3.05) is 5.32 Å². The topological polar surface area (TPSA) is 52.9 Å². The van der Waals surface area contributed by atoms with Crippen LogP contribution >= 0.6 is 11.3 Å². The summed E-state index contributed by atoms with van der Waals surface area (Å²) < 4.78 is 0. The van der Waals surface area contributed by atoms with Crippen LogP contribution in [0, 0.1) is 17.2 Å². The van der Waals surface area contributed by atoms with E-state index in [4.69, 9.17) is 0 Å². The minimum Gasteiger partial charge on any atom is -0.316 e. The molecule has 0 radical (unpaired) electrons. The van der Waals surface area contributed by atoms with Crippen molar-refractivity contribution in [3.8, 4) is 6.07 Å². The van der Waals surface area contributed by atoms with E-state index in [0.29, 0.717) is 11.5 Å². The lowest BCUT2D eigenvalue weighted by atomic mass is 9.96. The summed E-state index contributed by atoms with van der Waals surface area (Å²) in [5, 5.41) is 13.3. The van der Waals surface area contributed by atoms with Crippen molar-refractivity contribution in [2.24, 2.45) is 5.92 Å². The Morgan fingerprint density at radius 1 is 1.22 bits per heavy atom. The first kappa shape index (κ1) is 14.5. The molecule has 2 aromatic rings. The lowest BCUT2D eigenvalue weighted by Crippen LogP contribution is -2.14. The first-order valence-corrected chi connectivity index (χ1v) is 9.00. The molecule has 1 heterocycles. The van der Waals surface area contributed by atoms with Crippen LogP contribution in [0.2, 0.25) is 0 Å². The van der Waals surface area contributed by atoms with E-state index in [1.165, 1.54) is 22.4 Å². The van der Waals surface area contributed by atoms with Gasteiger partial charge in [0.2, 0.25) is 5.91 Å². The van der Waals surface area contributed by atoms with Crippen molar-refractivity contribution in [1.82, 2.24) is 0 Å². The Hall–Kier alpha value is -2.12. The van der Waals surface area contributed by atoms with Crippen LogP contribution in [-0.4, -0.2) is 5.91 Å². The van der Waals surface area contributed by atoms with Gasteiger partial charge in [0.25, 0.3) is 0 Å². The van der Waals surface area contributed by atoms with E-state index >= 15 is 0 Å². The van der Waals surface area contributed by atoms with Crippen LogP contribution in [0.1, 0.15) is 46.7 Å². The first-order valence-electron chi connectivity index (χ1n) is 8.18. The number of thiophene rings is 1. The van der Waals surface area contributed by atoms with E-state index in [9.17, 15) is 10.1 Å². The number of carbonyl (C=O) groups is 1. The number of nitriles is 1. The Kier molecular flexibility index (Phi) is 3.66. The molecule has 2 atom stereocenters. The Morgan fingerprint density at radius 2 is 2.00 bits per heavy atom. The van der Waals surface area contributed by atoms with Crippen molar-refractivity contribution >= 4 is 22.2 Å². The molecule has 1 aromatic carbocycles. The highest BCUT2D eigenvalue weighted by Gasteiger charge is 2.44. The molecule has 0 aliphatic heterocycles. The minimum absolute atomic E-state index is 0.0445. The maximum Gasteiger partial charge on any atom is 0.228 e. The number of benzene rings is 1. The summed E-state index contributed by atoms with van der Waals surface area (Å²) in [6, 6.07) is 12.5. The van der Waals surface area contributed by atoms with Crippen LogP contribution in [0.4, 0.5) is 5.00 Å². The SMILES string of the molecule is N#Cc1c(NC(=O)[C@@H]2C[C@@H]2c2ccccc2)sc2c1CCCC2. The second-order valence-electron chi connectivity index (χ2n) is 6.38. The minimum atomic E-state index is 0.0445. The van der Waals surface area contributed by atoms with Crippen LogP contribution in [0.25, 0.3) is 0 Å². The largest absolute Gasteiger partial charge is 0.316 e. The second-order valence-corrected chi connectivity index (χ2v) is 7.48. The molecule has 23 heavy (non-hydrogen) atoms. The normalized spacial score (nSPS) is 22.0. The average Bonchev–Trinajstić information content (AvgIpc) is 3.31. The van der Waals surface area contributed by atoms with E-state index < -0.39 is 0 Å². The van der Waals surface area contributed by atoms with Crippen LogP contribution < -0.4 is 5.32 Å². The zero-order chi connectivity index (χ0) is 15.8. The molecule has 0 spiro atoms. The van der Waals surface area contributed by atoms with Gasteiger partial charge in [-0.15, -0.1) is 11.3 Å². The number of anilines is 1. The van der Waals surface area contributed by atoms with E-state index in [2.05, 4.69) is 23.5 Å². The molecule has 116 valence electrons. The zero-order valence-corrected chi connectivity index (χ0v) is 13.7. The van der Waals surface area contributed by atoms with Crippen LogP contribution in [0.15, 0.2) is 30.3 Å². The highest BCUT2D eigenvalue weighted by atomic mass is 32.1. The molecule has 1 amide bonds. The number of nitrogens with zero attached hydrogens (tertiary/aromatic N) is 1. The smallest absolute Gasteiger partial charge is 0.228 e. The van der Waals surface area contributed by atoms with Gasteiger partial charge in [-0.05, 0) is 49.1 Å². The molecule has 0 saturated heterocycles. The summed E-state index contributed by atoms with van der Waals surface area (Å²) in [6.07, 6.45) is 5.25. The molecule has 3 nitrogen and oxygen atoms in total. The van der Waals surface area contributed by atoms with Crippen molar-refractivity contribution in [3.63, 3.8) is 0 Å². The van der Waals surface area contributed by atoms with Crippen molar-refractivity contribution in [1.29, 1.82) is 5.26 Å². The molecule has 0 unspecified atom stereocenters. The molecule has 0 bridgehead atoms. The van der Waals surface area contributed by atoms with Gasteiger partial charge in [-0.25, -0.2) is 0 Å². The average molecular weight is 322 g/mol. The molecule has 2 aliphatic carbocycles. The highest BCUT2D eigenvalue weighted by molar-refractivity contribution is 7.16. The first-order chi connectivity index (χ1) is 11.3. The highest BCUT2D eigenvalue weighted by Crippen LogP contribution is 2.48. The fourth-order valence-corrected chi connectivity index (χ4v) is 4.77. The Morgan fingerprint density at radius 3 is 2.78 bits per heavy atom. The van der Waals surface area contributed by atoms with Gasteiger partial charge in [-0.3, -0.25) is 4.79 Å². The summed E-state index contributed by atoms with van der Waals surface area (Å²) in [5.41, 5.74) is 3.11. The molecule has 1 aromatic heterocycles. The summed E-state index contributed by atoms with van der Waals surface area (Å²) in [5.74, 6) is 0.438. The van der Waals surface area contributed by atoms with Gasteiger partial charge in [0.05, 0.1) is 5.56 Å². The molecule has 1 saturated carbocycles. The third kappa shape index (κ3) is 2.66. The Balaban J connectivity index is 1.50. The number of aryl methyl sites for hydroxylation is 1. The fraction of sp³-hybridized carbons (Fsp3) is 0.368. The number of amides is 1. The van der Waals surface area contributed by atoms with Crippen LogP contribution in [0.5, 0.6) is 0 Å². The number of carbonyl (C=O) groups excluding carboxylic acids is 1. The molecular weight excluding hydrogens is 304 g/mol. The molecule has 4 rings (SSSR count). The Bertz CT molecular complexity index is 788. The van der Waals surface area contributed by atoms with Gasteiger partial charge < -0.3 is 5.32 Å². The van der Waals surface area contributed by atoms with Crippen LogP contribution in [-0.2, 0) is 17.6 Å². The number of hydrogen-bond donors (Lipinski definition) is 1. The third-order valence-corrected chi connectivity index (χ3v) is 6.08.